The van der Waals surface area contributed by atoms with Crippen molar-refractivity contribution in [2.24, 2.45) is 0 Å². The lowest BCUT2D eigenvalue weighted by atomic mass is 10.2. The fourth-order valence-corrected chi connectivity index (χ4v) is 2.62. The molecule has 1 unspecified atom stereocenters. The molecule has 2 aliphatic rings. The standard InChI is InChI=1S/C9H15N2S/c1-2-4-10-9(3-1)11-5-7-12-8-6-11/h1-2,9H,3-8H2. The molecule has 0 N–H and O–H groups in total. The predicted octanol–water partition coefficient (Wildman–Crippen LogP) is 0.926. The molecule has 1 fully saturated rings. The summed E-state index contributed by atoms with van der Waals surface area (Å²) in [5.74, 6) is 2.57. The highest BCUT2D eigenvalue weighted by molar-refractivity contribution is 7.99. The lowest BCUT2D eigenvalue weighted by Crippen LogP contribution is -2.46. The first kappa shape index (κ1) is 8.60. The van der Waals surface area contributed by atoms with Crippen molar-refractivity contribution in [1.29, 1.82) is 0 Å². The Kier molecular flexibility index (Phi) is 3.08. The molecule has 2 rings (SSSR count). The average molecular weight is 183 g/mol. The van der Waals surface area contributed by atoms with Gasteiger partial charge in [0.1, 0.15) is 0 Å². The lowest BCUT2D eigenvalue weighted by Gasteiger charge is -2.34. The summed E-state index contributed by atoms with van der Waals surface area (Å²) in [5.41, 5.74) is 0. The fraction of sp³-hybridized carbons (Fsp3) is 0.778. The van der Waals surface area contributed by atoms with Crippen molar-refractivity contribution in [3.8, 4) is 0 Å². The van der Waals surface area contributed by atoms with Crippen LogP contribution in [0.1, 0.15) is 6.42 Å². The summed E-state index contributed by atoms with van der Waals surface area (Å²) in [6, 6.07) is 0. The minimum atomic E-state index is 0.496. The molecule has 1 saturated heterocycles. The van der Waals surface area contributed by atoms with Crippen LogP contribution in [0.3, 0.4) is 0 Å². The van der Waals surface area contributed by atoms with E-state index in [1.165, 1.54) is 24.6 Å². The second kappa shape index (κ2) is 4.30. The molecular weight excluding hydrogens is 168 g/mol. The molecule has 0 aromatic heterocycles. The van der Waals surface area contributed by atoms with Crippen LogP contribution in [0, 0.1) is 0 Å². The van der Waals surface area contributed by atoms with E-state index in [4.69, 9.17) is 0 Å². The van der Waals surface area contributed by atoms with Crippen LogP contribution >= 0.6 is 11.8 Å². The smallest absolute Gasteiger partial charge is 0.0799 e. The molecule has 3 heteroatoms. The molecule has 0 saturated carbocycles. The first-order chi connectivity index (χ1) is 5.97. The van der Waals surface area contributed by atoms with Crippen molar-refractivity contribution in [1.82, 2.24) is 10.2 Å². The number of rotatable bonds is 1. The Hall–Kier alpha value is 0.01000. The minimum absolute atomic E-state index is 0.496. The fourth-order valence-electron chi connectivity index (χ4n) is 1.69. The van der Waals surface area contributed by atoms with Crippen molar-refractivity contribution >= 4 is 11.8 Å². The Morgan fingerprint density at radius 1 is 1.25 bits per heavy atom. The molecule has 0 amide bonds. The summed E-state index contributed by atoms with van der Waals surface area (Å²) in [5, 5.41) is 4.58. The van der Waals surface area contributed by atoms with Crippen LogP contribution in [0.5, 0.6) is 0 Å². The van der Waals surface area contributed by atoms with Gasteiger partial charge in [0.25, 0.3) is 0 Å². The number of thioether (sulfide) groups is 1. The van der Waals surface area contributed by atoms with Crippen LogP contribution in [0.4, 0.5) is 0 Å². The third-order valence-electron chi connectivity index (χ3n) is 2.40. The molecule has 2 aliphatic heterocycles. The lowest BCUT2D eigenvalue weighted by molar-refractivity contribution is 0.179. The van der Waals surface area contributed by atoms with Crippen LogP contribution in [0.15, 0.2) is 12.2 Å². The molecule has 1 atom stereocenters. The van der Waals surface area contributed by atoms with Gasteiger partial charge in [-0.15, -0.1) is 0 Å². The van der Waals surface area contributed by atoms with Crippen molar-refractivity contribution in [2.45, 2.75) is 12.6 Å². The maximum atomic E-state index is 4.58. The van der Waals surface area contributed by atoms with Gasteiger partial charge in [-0.3, -0.25) is 4.90 Å². The number of hydrogen-bond donors (Lipinski definition) is 0. The van der Waals surface area contributed by atoms with Gasteiger partial charge in [0.2, 0.25) is 0 Å². The predicted molar refractivity (Wildman–Crippen MR) is 53.4 cm³/mol. The molecule has 2 nitrogen and oxygen atoms in total. The zero-order valence-electron chi connectivity index (χ0n) is 7.28. The minimum Gasteiger partial charge on any atom is -0.285 e. The molecule has 12 heavy (non-hydrogen) atoms. The number of hydrogen-bond acceptors (Lipinski definition) is 2. The van der Waals surface area contributed by atoms with Crippen LogP contribution in [-0.2, 0) is 0 Å². The van der Waals surface area contributed by atoms with E-state index in [2.05, 4.69) is 34.1 Å². The van der Waals surface area contributed by atoms with E-state index in [-0.39, 0.29) is 0 Å². The van der Waals surface area contributed by atoms with Crippen molar-refractivity contribution < 1.29 is 0 Å². The Labute approximate surface area is 78.4 Å². The third kappa shape index (κ3) is 2.03. The Balaban J connectivity index is 1.85. The van der Waals surface area contributed by atoms with Gasteiger partial charge in [-0.1, -0.05) is 12.2 Å². The van der Waals surface area contributed by atoms with Crippen LogP contribution in [0.2, 0.25) is 0 Å². The molecule has 0 aromatic rings. The van der Waals surface area contributed by atoms with Gasteiger partial charge < -0.3 is 0 Å². The van der Waals surface area contributed by atoms with Gasteiger partial charge in [0, 0.05) is 31.1 Å². The SMILES string of the molecule is C1=CCC(N2CCSCC2)[N]C1. The Bertz CT molecular complexity index is 164. The molecule has 0 spiro atoms. The first-order valence-electron chi connectivity index (χ1n) is 4.60. The zero-order chi connectivity index (χ0) is 8.23. The Morgan fingerprint density at radius 2 is 2.08 bits per heavy atom. The van der Waals surface area contributed by atoms with E-state index in [1.807, 2.05) is 0 Å². The maximum Gasteiger partial charge on any atom is 0.0799 e. The normalized spacial score (nSPS) is 32.2. The highest BCUT2D eigenvalue weighted by atomic mass is 32.2. The average Bonchev–Trinajstić information content (AvgIpc) is 2.21. The maximum absolute atomic E-state index is 4.58. The van der Waals surface area contributed by atoms with E-state index in [0.29, 0.717) is 6.17 Å². The highest BCUT2D eigenvalue weighted by Gasteiger charge is 2.20. The summed E-state index contributed by atoms with van der Waals surface area (Å²) in [7, 11) is 0. The van der Waals surface area contributed by atoms with Gasteiger partial charge in [0.15, 0.2) is 0 Å². The summed E-state index contributed by atoms with van der Waals surface area (Å²) in [6.07, 6.45) is 6.05. The highest BCUT2D eigenvalue weighted by Crippen LogP contribution is 2.14. The van der Waals surface area contributed by atoms with Gasteiger partial charge >= 0.3 is 0 Å². The molecule has 0 bridgehead atoms. The second-order valence-corrected chi connectivity index (χ2v) is 4.43. The van der Waals surface area contributed by atoms with Crippen LogP contribution < -0.4 is 5.32 Å². The van der Waals surface area contributed by atoms with Gasteiger partial charge in [-0.2, -0.15) is 11.8 Å². The quantitative estimate of drug-likeness (QED) is 0.563. The van der Waals surface area contributed by atoms with Gasteiger partial charge in [-0.25, -0.2) is 5.32 Å². The molecule has 67 valence electrons. The second-order valence-electron chi connectivity index (χ2n) is 3.20. The first-order valence-corrected chi connectivity index (χ1v) is 5.76. The largest absolute Gasteiger partial charge is 0.285 e. The van der Waals surface area contributed by atoms with Crippen LogP contribution in [0.25, 0.3) is 0 Å². The zero-order valence-corrected chi connectivity index (χ0v) is 8.09. The van der Waals surface area contributed by atoms with Gasteiger partial charge in [0.05, 0.1) is 6.17 Å². The molecule has 1 radical (unpaired) electrons. The molecular formula is C9H15N2S. The third-order valence-corrected chi connectivity index (χ3v) is 3.34. The van der Waals surface area contributed by atoms with Crippen molar-refractivity contribution in [3.63, 3.8) is 0 Å². The summed E-state index contributed by atoms with van der Waals surface area (Å²) >= 11 is 2.06. The topological polar surface area (TPSA) is 17.3 Å². The van der Waals surface area contributed by atoms with E-state index in [0.717, 1.165) is 13.0 Å². The molecule has 0 aromatic carbocycles. The summed E-state index contributed by atoms with van der Waals surface area (Å²) in [6.45, 7) is 3.38. The van der Waals surface area contributed by atoms with Crippen LogP contribution in [-0.4, -0.2) is 42.2 Å². The van der Waals surface area contributed by atoms with E-state index < -0.39 is 0 Å². The van der Waals surface area contributed by atoms with Gasteiger partial charge in [-0.05, 0) is 6.42 Å². The number of nitrogens with zero attached hydrogens (tertiary/aromatic N) is 2. The van der Waals surface area contributed by atoms with E-state index in [1.54, 1.807) is 0 Å². The van der Waals surface area contributed by atoms with Crippen molar-refractivity contribution in [2.75, 3.05) is 31.1 Å². The van der Waals surface area contributed by atoms with E-state index >= 15 is 0 Å². The van der Waals surface area contributed by atoms with Crippen molar-refractivity contribution in [3.05, 3.63) is 12.2 Å². The summed E-state index contributed by atoms with van der Waals surface area (Å²) < 4.78 is 0. The molecule has 2 heterocycles. The van der Waals surface area contributed by atoms with E-state index in [9.17, 15) is 0 Å². The Morgan fingerprint density at radius 3 is 2.75 bits per heavy atom. The summed E-state index contributed by atoms with van der Waals surface area (Å²) in [4.78, 5) is 2.51. The monoisotopic (exact) mass is 183 g/mol. The molecule has 0 aliphatic carbocycles.